The Balaban J connectivity index is 1.80. The summed E-state index contributed by atoms with van der Waals surface area (Å²) in [6.07, 6.45) is 0. The molecule has 0 saturated heterocycles. The lowest BCUT2D eigenvalue weighted by atomic mass is 9.68. The Morgan fingerprint density at radius 3 is 0.885 bits per heavy atom. The largest absolute Gasteiger partial charge is 0.0622 e. The van der Waals surface area contributed by atoms with Crippen molar-refractivity contribution in [1.29, 1.82) is 0 Å². The molecule has 4 aromatic rings. The molecule has 0 heterocycles. The van der Waals surface area contributed by atoms with Gasteiger partial charge in [0.1, 0.15) is 0 Å². The number of hydrogen-bond acceptors (Lipinski definition) is 0. The zero-order valence-corrected chi connectivity index (χ0v) is 14.5. The maximum atomic E-state index is 2.30. The van der Waals surface area contributed by atoms with Crippen molar-refractivity contribution >= 4 is 0 Å². The van der Waals surface area contributed by atoms with E-state index in [-0.39, 0.29) is 0 Å². The third kappa shape index (κ3) is 2.38. The minimum atomic E-state index is 0.295. The van der Waals surface area contributed by atoms with Crippen LogP contribution in [-0.4, -0.2) is 0 Å². The molecular formula is C26H20. The van der Waals surface area contributed by atoms with E-state index in [1.165, 1.54) is 33.4 Å². The van der Waals surface area contributed by atoms with Gasteiger partial charge in [-0.25, -0.2) is 0 Å². The molecule has 26 heavy (non-hydrogen) atoms. The van der Waals surface area contributed by atoms with Gasteiger partial charge in [-0.1, -0.05) is 109 Å². The van der Waals surface area contributed by atoms with E-state index in [0.29, 0.717) is 11.8 Å². The van der Waals surface area contributed by atoms with Gasteiger partial charge in [0, 0.05) is 11.8 Å². The van der Waals surface area contributed by atoms with Gasteiger partial charge in [-0.2, -0.15) is 0 Å². The SMILES string of the molecule is c1ccc(C2c3ccccc3C(c3ccccc3)c3ccccc32)cc1. The quantitative estimate of drug-likeness (QED) is 0.353. The van der Waals surface area contributed by atoms with Crippen molar-refractivity contribution in [1.82, 2.24) is 0 Å². The second-order valence-electron chi connectivity index (χ2n) is 6.95. The molecule has 0 N–H and O–H groups in total. The molecular weight excluding hydrogens is 312 g/mol. The average Bonchev–Trinajstić information content (AvgIpc) is 2.73. The van der Waals surface area contributed by atoms with Crippen LogP contribution in [0.3, 0.4) is 0 Å². The van der Waals surface area contributed by atoms with Gasteiger partial charge in [-0.05, 0) is 33.4 Å². The number of fused-ring (bicyclic) bond motifs is 2. The van der Waals surface area contributed by atoms with Crippen LogP contribution in [0.15, 0.2) is 109 Å². The molecule has 0 amide bonds. The van der Waals surface area contributed by atoms with Gasteiger partial charge in [0.15, 0.2) is 0 Å². The third-order valence-corrected chi connectivity index (χ3v) is 5.50. The molecule has 0 saturated carbocycles. The molecule has 0 radical (unpaired) electrons. The highest BCUT2D eigenvalue weighted by atomic mass is 14.4. The topological polar surface area (TPSA) is 0 Å². The van der Waals surface area contributed by atoms with Crippen LogP contribution < -0.4 is 0 Å². The van der Waals surface area contributed by atoms with Crippen LogP contribution >= 0.6 is 0 Å². The van der Waals surface area contributed by atoms with Crippen molar-refractivity contribution in [3.05, 3.63) is 143 Å². The minimum absolute atomic E-state index is 0.295. The summed E-state index contributed by atoms with van der Waals surface area (Å²) >= 11 is 0. The highest BCUT2D eigenvalue weighted by Gasteiger charge is 2.33. The lowest BCUT2D eigenvalue weighted by molar-refractivity contribution is 0.822. The van der Waals surface area contributed by atoms with Crippen molar-refractivity contribution in [3.63, 3.8) is 0 Å². The molecule has 0 atom stereocenters. The fourth-order valence-corrected chi connectivity index (χ4v) is 4.42. The molecule has 0 nitrogen and oxygen atoms in total. The summed E-state index contributed by atoms with van der Waals surface area (Å²) in [6, 6.07) is 39.7. The van der Waals surface area contributed by atoms with Crippen molar-refractivity contribution in [2.45, 2.75) is 11.8 Å². The molecule has 0 heteroatoms. The smallest absolute Gasteiger partial charge is 0.0346 e. The van der Waals surface area contributed by atoms with Crippen LogP contribution in [0.1, 0.15) is 45.2 Å². The first-order chi connectivity index (χ1) is 12.9. The molecule has 0 bridgehead atoms. The molecule has 0 spiro atoms. The Bertz CT molecular complexity index is 899. The van der Waals surface area contributed by atoms with E-state index in [2.05, 4.69) is 109 Å². The molecule has 1 aliphatic rings. The summed E-state index contributed by atoms with van der Waals surface area (Å²) in [5.74, 6) is 0.590. The van der Waals surface area contributed by atoms with Gasteiger partial charge in [0.2, 0.25) is 0 Å². The fraction of sp³-hybridized carbons (Fsp3) is 0.0769. The summed E-state index contributed by atoms with van der Waals surface area (Å²) in [6.45, 7) is 0. The zero-order chi connectivity index (χ0) is 17.3. The lowest BCUT2D eigenvalue weighted by Gasteiger charge is -2.35. The monoisotopic (exact) mass is 332 g/mol. The van der Waals surface area contributed by atoms with Crippen LogP contribution in [0.2, 0.25) is 0 Å². The maximum absolute atomic E-state index is 2.30. The molecule has 4 aromatic carbocycles. The Kier molecular flexibility index (Phi) is 3.68. The first kappa shape index (κ1) is 15.2. The molecule has 0 fully saturated rings. The van der Waals surface area contributed by atoms with E-state index in [0.717, 1.165) is 0 Å². The van der Waals surface area contributed by atoms with Crippen LogP contribution in [0.5, 0.6) is 0 Å². The number of rotatable bonds is 2. The van der Waals surface area contributed by atoms with Crippen molar-refractivity contribution in [2.24, 2.45) is 0 Å². The van der Waals surface area contributed by atoms with Gasteiger partial charge >= 0.3 is 0 Å². The standard InChI is InChI=1S/C26H20/c1-3-11-19(12-4-1)25-21-15-7-9-17-23(21)26(20-13-5-2-6-14-20)24-18-10-8-16-22(24)25/h1-18,25-26H. The van der Waals surface area contributed by atoms with Crippen molar-refractivity contribution in [3.8, 4) is 0 Å². The molecule has 0 unspecified atom stereocenters. The first-order valence-corrected chi connectivity index (χ1v) is 9.21. The second kappa shape index (κ2) is 6.31. The number of benzene rings is 4. The summed E-state index contributed by atoms with van der Waals surface area (Å²) < 4.78 is 0. The summed E-state index contributed by atoms with van der Waals surface area (Å²) in [5, 5.41) is 0. The van der Waals surface area contributed by atoms with Crippen molar-refractivity contribution in [2.75, 3.05) is 0 Å². The Hall–Kier alpha value is -3.12. The molecule has 124 valence electrons. The van der Waals surface area contributed by atoms with Crippen LogP contribution in [0, 0.1) is 0 Å². The number of hydrogen-bond donors (Lipinski definition) is 0. The first-order valence-electron chi connectivity index (χ1n) is 9.21. The Morgan fingerprint density at radius 2 is 0.577 bits per heavy atom. The third-order valence-electron chi connectivity index (χ3n) is 5.50. The van der Waals surface area contributed by atoms with Crippen LogP contribution in [-0.2, 0) is 0 Å². The highest BCUT2D eigenvalue weighted by Crippen LogP contribution is 2.48. The van der Waals surface area contributed by atoms with E-state index >= 15 is 0 Å². The molecule has 1 aliphatic carbocycles. The average molecular weight is 332 g/mol. The van der Waals surface area contributed by atoms with Crippen LogP contribution in [0.25, 0.3) is 0 Å². The summed E-state index contributed by atoms with van der Waals surface area (Å²) in [4.78, 5) is 0. The Labute approximate surface area is 154 Å². The van der Waals surface area contributed by atoms with Gasteiger partial charge < -0.3 is 0 Å². The van der Waals surface area contributed by atoms with Crippen molar-refractivity contribution < 1.29 is 0 Å². The second-order valence-corrected chi connectivity index (χ2v) is 6.95. The molecule has 0 aromatic heterocycles. The van der Waals surface area contributed by atoms with E-state index in [9.17, 15) is 0 Å². The zero-order valence-electron chi connectivity index (χ0n) is 14.5. The maximum Gasteiger partial charge on any atom is 0.0346 e. The summed E-state index contributed by atoms with van der Waals surface area (Å²) in [7, 11) is 0. The van der Waals surface area contributed by atoms with Gasteiger partial charge in [0.05, 0.1) is 0 Å². The van der Waals surface area contributed by atoms with E-state index in [1.807, 2.05) is 0 Å². The molecule has 0 aliphatic heterocycles. The van der Waals surface area contributed by atoms with E-state index < -0.39 is 0 Å². The Morgan fingerprint density at radius 1 is 0.308 bits per heavy atom. The summed E-state index contributed by atoms with van der Waals surface area (Å²) in [5.41, 5.74) is 8.41. The predicted molar refractivity (Wildman–Crippen MR) is 108 cm³/mol. The molecule has 5 rings (SSSR count). The lowest BCUT2D eigenvalue weighted by Crippen LogP contribution is -2.19. The van der Waals surface area contributed by atoms with E-state index in [1.54, 1.807) is 0 Å². The minimum Gasteiger partial charge on any atom is -0.0622 e. The van der Waals surface area contributed by atoms with E-state index in [4.69, 9.17) is 0 Å². The normalized spacial score (nSPS) is 18.0. The van der Waals surface area contributed by atoms with Gasteiger partial charge in [-0.15, -0.1) is 0 Å². The highest BCUT2D eigenvalue weighted by molar-refractivity contribution is 5.60. The predicted octanol–water partition coefficient (Wildman–Crippen LogP) is 6.36. The van der Waals surface area contributed by atoms with Gasteiger partial charge in [0.25, 0.3) is 0 Å². The van der Waals surface area contributed by atoms with Gasteiger partial charge in [-0.3, -0.25) is 0 Å². The fourth-order valence-electron chi connectivity index (χ4n) is 4.42. The van der Waals surface area contributed by atoms with Crippen LogP contribution in [0.4, 0.5) is 0 Å².